The molecule has 2 aromatic heterocycles. The summed E-state index contributed by atoms with van der Waals surface area (Å²) < 4.78 is 12.7. The van der Waals surface area contributed by atoms with E-state index < -0.39 is 0 Å². The molecule has 1 aliphatic rings. The average Bonchev–Trinajstić information content (AvgIpc) is 2.92. The van der Waals surface area contributed by atoms with E-state index in [1.807, 2.05) is 0 Å². The Balaban J connectivity index is 2.04. The lowest BCUT2D eigenvalue weighted by atomic mass is 10.5. The van der Waals surface area contributed by atoms with Gasteiger partial charge in [-0.25, -0.2) is 9.48 Å². The van der Waals surface area contributed by atoms with Crippen LogP contribution in [0.2, 0.25) is 0 Å². The maximum Gasteiger partial charge on any atom is 0.354 e. The summed E-state index contributed by atoms with van der Waals surface area (Å²) in [6.45, 7) is 4.54. The highest BCUT2D eigenvalue weighted by Crippen LogP contribution is 2.11. The quantitative estimate of drug-likeness (QED) is 0.664. The lowest BCUT2D eigenvalue weighted by Crippen LogP contribution is -2.26. The summed E-state index contributed by atoms with van der Waals surface area (Å²) >= 11 is 0. The normalized spacial score (nSPS) is 18.6. The van der Waals surface area contributed by atoms with Crippen LogP contribution in [0.4, 0.5) is 0 Å². The van der Waals surface area contributed by atoms with Crippen LogP contribution in [-0.4, -0.2) is 37.2 Å². The van der Waals surface area contributed by atoms with Crippen molar-refractivity contribution >= 4 is 0 Å². The van der Waals surface area contributed by atoms with E-state index in [4.69, 9.17) is 9.26 Å². The molecule has 8 nitrogen and oxygen atoms in total. The summed E-state index contributed by atoms with van der Waals surface area (Å²) in [5.41, 5.74) is -0.290. The van der Waals surface area contributed by atoms with Crippen LogP contribution in [0.5, 0.6) is 0 Å². The van der Waals surface area contributed by atoms with E-state index in [2.05, 4.69) is 15.2 Å². The Hall–Kier alpha value is -1.96. The maximum atomic E-state index is 12.0. The second-order valence-corrected chi connectivity index (χ2v) is 3.93. The molecule has 1 unspecified atom stereocenters. The molecular weight excluding hydrogens is 226 g/mol. The molecular formula is C9H11N5O3. The molecule has 1 aliphatic heterocycles. The first-order valence-electron chi connectivity index (χ1n) is 5.24. The van der Waals surface area contributed by atoms with Gasteiger partial charge in [0.25, 0.3) is 0 Å². The number of epoxide rings is 1. The zero-order valence-corrected chi connectivity index (χ0v) is 9.45. The van der Waals surface area contributed by atoms with Crippen LogP contribution in [0.3, 0.4) is 0 Å². The van der Waals surface area contributed by atoms with Gasteiger partial charge in [0.2, 0.25) is 0 Å². The van der Waals surface area contributed by atoms with Gasteiger partial charge in [-0.05, 0) is 13.8 Å². The van der Waals surface area contributed by atoms with Gasteiger partial charge >= 0.3 is 11.7 Å². The van der Waals surface area contributed by atoms with Gasteiger partial charge in [0.05, 0.1) is 13.2 Å². The van der Waals surface area contributed by atoms with Crippen LogP contribution in [0.25, 0.3) is 6.01 Å². The first-order valence-corrected chi connectivity index (χ1v) is 5.24. The number of aromatic nitrogens is 5. The molecule has 2 aromatic rings. The highest BCUT2D eigenvalue weighted by molar-refractivity contribution is 5.08. The third-order valence-corrected chi connectivity index (χ3v) is 2.49. The molecule has 0 saturated carbocycles. The molecule has 0 N–H and O–H groups in total. The van der Waals surface area contributed by atoms with Crippen molar-refractivity contribution in [2.75, 3.05) is 6.61 Å². The van der Waals surface area contributed by atoms with Crippen LogP contribution in [0.15, 0.2) is 9.32 Å². The fourth-order valence-electron chi connectivity index (χ4n) is 1.60. The van der Waals surface area contributed by atoms with Crippen LogP contribution >= 0.6 is 0 Å². The van der Waals surface area contributed by atoms with E-state index in [0.29, 0.717) is 24.8 Å². The van der Waals surface area contributed by atoms with E-state index in [-0.39, 0.29) is 17.8 Å². The lowest BCUT2D eigenvalue weighted by Gasteiger charge is -1.93. The summed E-state index contributed by atoms with van der Waals surface area (Å²) in [4.78, 5) is 16.1. The van der Waals surface area contributed by atoms with Gasteiger partial charge in [0.1, 0.15) is 11.9 Å². The summed E-state index contributed by atoms with van der Waals surface area (Å²) in [5.74, 6) is 0.990. The molecule has 0 aromatic carbocycles. The summed E-state index contributed by atoms with van der Waals surface area (Å²) in [7, 11) is 0. The summed E-state index contributed by atoms with van der Waals surface area (Å²) in [5, 5.41) is 7.79. The molecule has 0 radical (unpaired) electrons. The smallest absolute Gasteiger partial charge is 0.354 e. The second-order valence-electron chi connectivity index (χ2n) is 3.93. The third-order valence-electron chi connectivity index (χ3n) is 2.49. The van der Waals surface area contributed by atoms with Crippen molar-refractivity contribution in [2.45, 2.75) is 26.5 Å². The first kappa shape index (κ1) is 10.2. The molecule has 0 aliphatic carbocycles. The van der Waals surface area contributed by atoms with Gasteiger partial charge in [-0.15, -0.1) is 0 Å². The van der Waals surface area contributed by atoms with Crippen LogP contribution in [-0.2, 0) is 11.3 Å². The standard InChI is InChI=1S/C9H11N5O3/c1-5-10-8(17-12-5)14-6(2)11-13(9(14)15)3-7-4-16-7/h7H,3-4H2,1-2H3. The SMILES string of the molecule is Cc1noc(-n2c(C)nn(CC3CO3)c2=O)n1. The van der Waals surface area contributed by atoms with Crippen molar-refractivity contribution in [3.8, 4) is 6.01 Å². The van der Waals surface area contributed by atoms with Crippen LogP contribution < -0.4 is 5.69 Å². The predicted octanol–water partition coefficient (Wildman–Crippen LogP) is -0.567. The van der Waals surface area contributed by atoms with Crippen molar-refractivity contribution in [3.63, 3.8) is 0 Å². The largest absolute Gasteiger partial charge is 0.371 e. The Kier molecular flexibility index (Phi) is 2.11. The molecule has 1 saturated heterocycles. The molecule has 3 rings (SSSR count). The summed E-state index contributed by atoms with van der Waals surface area (Å²) in [6, 6.07) is 0.146. The zero-order chi connectivity index (χ0) is 12.0. The van der Waals surface area contributed by atoms with Crippen molar-refractivity contribution in [3.05, 3.63) is 22.1 Å². The minimum absolute atomic E-state index is 0.0971. The van der Waals surface area contributed by atoms with Gasteiger partial charge in [0, 0.05) is 0 Å². The van der Waals surface area contributed by atoms with Gasteiger partial charge in [-0.2, -0.15) is 14.6 Å². The predicted molar refractivity (Wildman–Crippen MR) is 54.9 cm³/mol. The molecule has 0 bridgehead atoms. The second kappa shape index (κ2) is 3.52. The van der Waals surface area contributed by atoms with Crippen molar-refractivity contribution in [1.29, 1.82) is 0 Å². The minimum atomic E-state index is -0.290. The number of hydrogen-bond donors (Lipinski definition) is 0. The Morgan fingerprint density at radius 3 is 2.82 bits per heavy atom. The topological polar surface area (TPSA) is 91.3 Å². The first-order chi connectivity index (χ1) is 8.15. The molecule has 0 spiro atoms. The number of ether oxygens (including phenoxy) is 1. The summed E-state index contributed by atoms with van der Waals surface area (Å²) in [6.07, 6.45) is 0.0971. The van der Waals surface area contributed by atoms with Crippen LogP contribution in [0, 0.1) is 13.8 Å². The molecule has 1 atom stereocenters. The molecule has 17 heavy (non-hydrogen) atoms. The monoisotopic (exact) mass is 237 g/mol. The number of hydrogen-bond acceptors (Lipinski definition) is 6. The molecule has 1 fully saturated rings. The minimum Gasteiger partial charge on any atom is -0.371 e. The Labute approximate surface area is 95.8 Å². The Morgan fingerprint density at radius 2 is 2.24 bits per heavy atom. The number of aryl methyl sites for hydroxylation is 2. The molecule has 3 heterocycles. The molecule has 90 valence electrons. The number of rotatable bonds is 3. The van der Waals surface area contributed by atoms with Crippen LogP contribution in [0.1, 0.15) is 11.6 Å². The van der Waals surface area contributed by atoms with Crippen molar-refractivity contribution in [1.82, 2.24) is 24.5 Å². The fourth-order valence-corrected chi connectivity index (χ4v) is 1.60. The lowest BCUT2D eigenvalue weighted by molar-refractivity contribution is 0.367. The zero-order valence-electron chi connectivity index (χ0n) is 9.45. The highest BCUT2D eigenvalue weighted by Gasteiger charge is 2.26. The van der Waals surface area contributed by atoms with Crippen molar-refractivity contribution < 1.29 is 9.26 Å². The van der Waals surface area contributed by atoms with Gasteiger partial charge < -0.3 is 9.26 Å². The van der Waals surface area contributed by atoms with E-state index >= 15 is 0 Å². The molecule has 0 amide bonds. The third kappa shape index (κ3) is 1.76. The molecule has 8 heteroatoms. The van der Waals surface area contributed by atoms with E-state index in [0.717, 1.165) is 0 Å². The fraction of sp³-hybridized carbons (Fsp3) is 0.556. The highest BCUT2D eigenvalue weighted by atomic mass is 16.6. The van der Waals surface area contributed by atoms with E-state index in [1.165, 1.54) is 9.25 Å². The van der Waals surface area contributed by atoms with E-state index in [9.17, 15) is 4.79 Å². The van der Waals surface area contributed by atoms with Gasteiger partial charge in [-0.1, -0.05) is 5.16 Å². The van der Waals surface area contributed by atoms with E-state index in [1.54, 1.807) is 13.8 Å². The van der Waals surface area contributed by atoms with Gasteiger partial charge in [-0.3, -0.25) is 0 Å². The van der Waals surface area contributed by atoms with Crippen molar-refractivity contribution in [2.24, 2.45) is 0 Å². The maximum absolute atomic E-state index is 12.0. The Bertz CT molecular complexity index is 606. The average molecular weight is 237 g/mol. The van der Waals surface area contributed by atoms with Gasteiger partial charge in [0.15, 0.2) is 5.82 Å². The Morgan fingerprint density at radius 1 is 1.47 bits per heavy atom. The number of nitrogens with zero attached hydrogens (tertiary/aromatic N) is 5.